The van der Waals surface area contributed by atoms with Crippen LogP contribution in [0, 0.1) is 0 Å². The molecule has 0 radical (unpaired) electrons. The molecule has 1 fully saturated rings. The molecule has 0 aliphatic carbocycles. The smallest absolute Gasteiger partial charge is 0.266 e. The number of nitrogens with one attached hydrogen (secondary N) is 1. The van der Waals surface area contributed by atoms with Gasteiger partial charge >= 0.3 is 0 Å². The summed E-state index contributed by atoms with van der Waals surface area (Å²) in [5, 5.41) is 0.0163. The third kappa shape index (κ3) is 2.14. The molecule has 1 saturated heterocycles. The molecular weight excluding hydrogens is 240 g/mol. The number of nitrogens with zero attached hydrogens (tertiary/aromatic N) is 3. The molecule has 3 N–H and O–H groups in total. The number of nitrogens with two attached hydrogens (primary N) is 1. The Labute approximate surface area is 95.6 Å². The first-order valence-electron chi connectivity index (χ1n) is 4.64. The molecule has 16 heavy (non-hydrogen) atoms. The summed E-state index contributed by atoms with van der Waals surface area (Å²) in [7, 11) is 0. The zero-order chi connectivity index (χ0) is 11.8. The summed E-state index contributed by atoms with van der Waals surface area (Å²) in [4.78, 5) is 9.05. The van der Waals surface area contributed by atoms with E-state index in [2.05, 4.69) is 15.4 Å². The zero-order valence-electron chi connectivity index (χ0n) is 8.25. The van der Waals surface area contributed by atoms with Crippen LogP contribution in [0.5, 0.6) is 0 Å². The standard InChI is InChI=1S/C8H10ClF2N5/c9-7-13-3-5(6(14-7)15-12)16-2-1-8(10,11)4-16/h3H,1-2,4,12H2,(H,13,14,15). The second-order valence-corrected chi connectivity index (χ2v) is 3.88. The van der Waals surface area contributed by atoms with Gasteiger partial charge in [0.2, 0.25) is 5.28 Å². The number of alkyl halides is 2. The van der Waals surface area contributed by atoms with Crippen LogP contribution in [0.4, 0.5) is 20.3 Å². The molecule has 0 amide bonds. The molecule has 1 aromatic rings. The third-order valence-corrected chi connectivity index (χ3v) is 2.57. The van der Waals surface area contributed by atoms with Gasteiger partial charge in [0, 0.05) is 13.0 Å². The van der Waals surface area contributed by atoms with E-state index in [0.717, 1.165) is 0 Å². The van der Waals surface area contributed by atoms with E-state index in [4.69, 9.17) is 17.4 Å². The third-order valence-electron chi connectivity index (χ3n) is 2.39. The fourth-order valence-electron chi connectivity index (χ4n) is 1.63. The minimum Gasteiger partial charge on any atom is -0.361 e. The molecule has 0 atom stereocenters. The monoisotopic (exact) mass is 249 g/mol. The topological polar surface area (TPSA) is 67.1 Å². The van der Waals surface area contributed by atoms with E-state index in [1.165, 1.54) is 11.1 Å². The highest BCUT2D eigenvalue weighted by Crippen LogP contribution is 2.33. The van der Waals surface area contributed by atoms with Crippen molar-refractivity contribution in [2.45, 2.75) is 12.3 Å². The van der Waals surface area contributed by atoms with Crippen molar-refractivity contribution in [3.05, 3.63) is 11.5 Å². The van der Waals surface area contributed by atoms with Gasteiger partial charge in [0.25, 0.3) is 5.92 Å². The number of rotatable bonds is 2. The number of hydrazine groups is 1. The lowest BCUT2D eigenvalue weighted by Gasteiger charge is -2.19. The molecule has 1 aliphatic heterocycles. The molecule has 0 aromatic carbocycles. The van der Waals surface area contributed by atoms with Crippen LogP contribution in [0.25, 0.3) is 0 Å². The van der Waals surface area contributed by atoms with E-state index in [-0.39, 0.29) is 30.6 Å². The molecule has 88 valence electrons. The van der Waals surface area contributed by atoms with Gasteiger partial charge in [0.1, 0.15) is 5.69 Å². The number of hydrogen-bond donors (Lipinski definition) is 2. The molecule has 8 heteroatoms. The Morgan fingerprint density at radius 3 is 2.88 bits per heavy atom. The number of hydrogen-bond acceptors (Lipinski definition) is 5. The average molecular weight is 250 g/mol. The predicted molar refractivity (Wildman–Crippen MR) is 56.6 cm³/mol. The quantitative estimate of drug-likeness (QED) is 0.469. The molecule has 0 spiro atoms. The second-order valence-electron chi connectivity index (χ2n) is 3.54. The lowest BCUT2D eigenvalue weighted by atomic mass is 10.3. The van der Waals surface area contributed by atoms with Crippen LogP contribution < -0.4 is 16.2 Å². The SMILES string of the molecule is NNc1nc(Cl)ncc1N1CCC(F)(F)C1. The van der Waals surface area contributed by atoms with Gasteiger partial charge in [-0.3, -0.25) is 0 Å². The average Bonchev–Trinajstić information content (AvgIpc) is 2.58. The van der Waals surface area contributed by atoms with E-state index in [1.807, 2.05) is 0 Å². The number of aromatic nitrogens is 2. The predicted octanol–water partition coefficient (Wildman–Crippen LogP) is 1.26. The molecule has 1 aromatic heterocycles. The first-order chi connectivity index (χ1) is 7.52. The van der Waals surface area contributed by atoms with Crippen molar-refractivity contribution in [1.82, 2.24) is 9.97 Å². The summed E-state index contributed by atoms with van der Waals surface area (Å²) in [5.41, 5.74) is 2.75. The van der Waals surface area contributed by atoms with Crippen LogP contribution in [0.2, 0.25) is 5.28 Å². The molecular formula is C8H10ClF2N5. The van der Waals surface area contributed by atoms with Crippen molar-refractivity contribution in [3.63, 3.8) is 0 Å². The maximum Gasteiger partial charge on any atom is 0.266 e. The fraction of sp³-hybridized carbons (Fsp3) is 0.500. The van der Waals surface area contributed by atoms with Crippen LogP contribution in [0.3, 0.4) is 0 Å². The van der Waals surface area contributed by atoms with E-state index < -0.39 is 5.92 Å². The van der Waals surface area contributed by atoms with E-state index >= 15 is 0 Å². The Balaban J connectivity index is 2.27. The van der Waals surface area contributed by atoms with Gasteiger partial charge in [0.05, 0.1) is 12.7 Å². The molecule has 0 saturated carbocycles. The summed E-state index contributed by atoms with van der Waals surface area (Å²) in [6.07, 6.45) is 1.20. The van der Waals surface area contributed by atoms with Crippen molar-refractivity contribution in [3.8, 4) is 0 Å². The first-order valence-corrected chi connectivity index (χ1v) is 5.01. The molecule has 0 unspecified atom stereocenters. The Kier molecular flexibility index (Phi) is 2.81. The lowest BCUT2D eigenvalue weighted by Crippen LogP contribution is -2.26. The maximum absolute atomic E-state index is 13.0. The second kappa shape index (κ2) is 3.99. The summed E-state index contributed by atoms with van der Waals surface area (Å²) >= 11 is 5.57. The van der Waals surface area contributed by atoms with Gasteiger partial charge in [-0.1, -0.05) is 0 Å². The Bertz CT molecular complexity index is 400. The normalized spacial score (nSPS) is 18.9. The summed E-state index contributed by atoms with van der Waals surface area (Å²) < 4.78 is 26.1. The van der Waals surface area contributed by atoms with Gasteiger partial charge < -0.3 is 10.3 Å². The Hall–Kier alpha value is -1.21. The van der Waals surface area contributed by atoms with Crippen LogP contribution in [-0.2, 0) is 0 Å². The Morgan fingerprint density at radius 1 is 1.56 bits per heavy atom. The van der Waals surface area contributed by atoms with Gasteiger partial charge in [-0.25, -0.2) is 19.6 Å². The van der Waals surface area contributed by atoms with Gasteiger partial charge in [-0.05, 0) is 11.6 Å². The van der Waals surface area contributed by atoms with Crippen molar-refractivity contribution >= 4 is 23.1 Å². The molecule has 2 rings (SSSR count). The van der Waals surface area contributed by atoms with Crippen molar-refractivity contribution in [2.24, 2.45) is 5.84 Å². The lowest BCUT2D eigenvalue weighted by molar-refractivity contribution is 0.0257. The highest BCUT2D eigenvalue weighted by Gasteiger charge is 2.39. The van der Waals surface area contributed by atoms with Crippen LogP contribution in [0.15, 0.2) is 6.20 Å². The van der Waals surface area contributed by atoms with Crippen LogP contribution >= 0.6 is 11.6 Å². The number of nitrogen functional groups attached to an aromatic ring is 1. The fourth-order valence-corrected chi connectivity index (χ4v) is 1.77. The van der Waals surface area contributed by atoms with E-state index in [1.54, 1.807) is 0 Å². The summed E-state index contributed by atoms with van der Waals surface area (Å²) in [6.45, 7) is -0.112. The van der Waals surface area contributed by atoms with Gasteiger partial charge in [-0.2, -0.15) is 4.98 Å². The molecule has 2 heterocycles. The molecule has 0 bridgehead atoms. The number of halogens is 3. The minimum atomic E-state index is -2.68. The van der Waals surface area contributed by atoms with Crippen LogP contribution in [0.1, 0.15) is 6.42 Å². The highest BCUT2D eigenvalue weighted by atomic mass is 35.5. The largest absolute Gasteiger partial charge is 0.361 e. The molecule has 5 nitrogen and oxygen atoms in total. The highest BCUT2D eigenvalue weighted by molar-refractivity contribution is 6.28. The Morgan fingerprint density at radius 2 is 2.31 bits per heavy atom. The van der Waals surface area contributed by atoms with Crippen molar-refractivity contribution in [1.29, 1.82) is 0 Å². The van der Waals surface area contributed by atoms with Gasteiger partial charge in [0.15, 0.2) is 5.82 Å². The van der Waals surface area contributed by atoms with Crippen LogP contribution in [-0.4, -0.2) is 29.0 Å². The molecule has 1 aliphatic rings. The van der Waals surface area contributed by atoms with E-state index in [0.29, 0.717) is 5.69 Å². The zero-order valence-corrected chi connectivity index (χ0v) is 9.01. The number of anilines is 2. The first kappa shape index (κ1) is 11.3. The minimum absolute atomic E-state index is 0.0163. The summed E-state index contributed by atoms with van der Waals surface area (Å²) in [6, 6.07) is 0. The summed E-state index contributed by atoms with van der Waals surface area (Å²) in [5.74, 6) is 2.81. The van der Waals surface area contributed by atoms with E-state index in [9.17, 15) is 8.78 Å². The van der Waals surface area contributed by atoms with Gasteiger partial charge in [-0.15, -0.1) is 0 Å². The van der Waals surface area contributed by atoms with Crippen molar-refractivity contribution in [2.75, 3.05) is 23.4 Å². The van der Waals surface area contributed by atoms with Crippen molar-refractivity contribution < 1.29 is 8.78 Å². The maximum atomic E-state index is 13.0.